The minimum Gasteiger partial charge on any atom is -0.392 e. The lowest BCUT2D eigenvalue weighted by atomic mass is 9.90. The number of ether oxygens (including phenoxy) is 1. The van der Waals surface area contributed by atoms with Crippen LogP contribution in [0.1, 0.15) is 70.6 Å². The molecule has 2 aromatic carbocycles. The summed E-state index contributed by atoms with van der Waals surface area (Å²) in [5, 5.41) is 17.8. The number of rotatable bonds is 8. The summed E-state index contributed by atoms with van der Waals surface area (Å²) in [5.41, 5.74) is 0.731. The molecule has 2 aromatic rings. The summed E-state index contributed by atoms with van der Waals surface area (Å²) in [4.78, 5) is 31.5. The van der Waals surface area contributed by atoms with Gasteiger partial charge in [0.15, 0.2) is 0 Å². The van der Waals surface area contributed by atoms with Gasteiger partial charge in [-0.3, -0.25) is 14.5 Å². The van der Waals surface area contributed by atoms with Crippen molar-refractivity contribution >= 4 is 24.2 Å². The van der Waals surface area contributed by atoms with Crippen LogP contribution >= 0.6 is 12.4 Å². The van der Waals surface area contributed by atoms with Crippen molar-refractivity contribution in [1.29, 1.82) is 0 Å². The molecule has 5 atom stereocenters. The topological polar surface area (TPSA) is 94.1 Å². The van der Waals surface area contributed by atoms with Crippen molar-refractivity contribution in [2.24, 2.45) is 5.92 Å². The third kappa shape index (κ3) is 7.17. The number of nitrogens with one attached hydrogen (secondary N) is 2. The number of fused-ring (bicyclic) bond motifs is 3. The normalized spacial score (nSPS) is 26.4. The van der Waals surface area contributed by atoms with Crippen molar-refractivity contribution in [2.45, 2.75) is 89.4 Å². The van der Waals surface area contributed by atoms with Gasteiger partial charge in [-0.15, -0.1) is 12.4 Å². The van der Waals surface area contributed by atoms with Gasteiger partial charge in [0.1, 0.15) is 11.8 Å². The molecule has 0 bridgehead atoms. The lowest BCUT2D eigenvalue weighted by Gasteiger charge is -2.39. The Balaban J connectivity index is 0.00000500. The summed E-state index contributed by atoms with van der Waals surface area (Å²) in [6.07, 6.45) is -0.826. The van der Waals surface area contributed by atoms with E-state index in [2.05, 4.69) is 10.6 Å². The molecule has 0 spiro atoms. The molecule has 2 saturated heterocycles. The van der Waals surface area contributed by atoms with Gasteiger partial charge in [0.25, 0.3) is 0 Å². The maximum atomic E-state index is 14.7. The van der Waals surface area contributed by atoms with Gasteiger partial charge < -0.3 is 25.4 Å². The first kappa shape index (κ1) is 26.0. The van der Waals surface area contributed by atoms with Crippen LogP contribution in [0.2, 0.25) is 0 Å². The molecule has 0 saturated carbocycles. The first-order chi connectivity index (χ1) is 21.5. The van der Waals surface area contributed by atoms with Gasteiger partial charge in [-0.25, -0.2) is 0 Å². The van der Waals surface area contributed by atoms with E-state index in [9.17, 15) is 14.7 Å². The second kappa shape index (κ2) is 13.0. The van der Waals surface area contributed by atoms with Crippen LogP contribution < -0.4 is 10.6 Å². The molecule has 5 rings (SSSR count). The van der Waals surface area contributed by atoms with E-state index in [1.54, 1.807) is 4.90 Å². The second-order valence-electron chi connectivity index (χ2n) is 13.0. The van der Waals surface area contributed by atoms with Gasteiger partial charge in [-0.1, -0.05) is 54.5 Å². The molecule has 230 valence electrons. The Morgan fingerprint density at radius 2 is 1.93 bits per heavy atom. The number of halogens is 1. The Hall–Kier alpha value is -2.49. The van der Waals surface area contributed by atoms with E-state index in [0.29, 0.717) is 26.1 Å². The van der Waals surface area contributed by atoms with E-state index in [1.807, 2.05) is 63.8 Å². The fourth-order valence-electron chi connectivity index (χ4n) is 6.56. The van der Waals surface area contributed by atoms with Crippen molar-refractivity contribution in [2.75, 3.05) is 26.2 Å². The zero-order chi connectivity index (χ0) is 33.7. The minimum atomic E-state index is -1.04. The predicted octanol–water partition coefficient (Wildman–Crippen LogP) is 3.47. The first-order valence-corrected chi connectivity index (χ1v) is 14.6. The number of aliphatic hydroxyl groups excluding tert-OH is 1. The molecule has 42 heavy (non-hydrogen) atoms. The highest BCUT2D eigenvalue weighted by atomic mass is 35.5. The third-order valence-electron chi connectivity index (χ3n) is 8.19. The zero-order valence-electron chi connectivity index (χ0n) is 30.1. The largest absolute Gasteiger partial charge is 0.392 e. The number of β-amino-alcohol motifs (C(OH)–C–C–N with tert-alkyl or cyclic N) is 1. The van der Waals surface area contributed by atoms with Crippen LogP contribution in [-0.4, -0.2) is 82.4 Å². The second-order valence-corrected chi connectivity index (χ2v) is 13.0. The van der Waals surface area contributed by atoms with Gasteiger partial charge in [-0.2, -0.15) is 0 Å². The van der Waals surface area contributed by atoms with Crippen LogP contribution in [-0.2, 0) is 27.2 Å². The highest BCUT2D eigenvalue weighted by Crippen LogP contribution is 2.49. The zero-order valence-corrected chi connectivity index (χ0v) is 25.9. The molecule has 9 heteroatoms. The molecule has 3 aliphatic rings. The quantitative estimate of drug-likeness (QED) is 0.428. The molecule has 0 aromatic heterocycles. The average Bonchev–Trinajstić information content (AvgIpc) is 3.45. The summed E-state index contributed by atoms with van der Waals surface area (Å²) >= 11 is 0. The van der Waals surface area contributed by atoms with Crippen molar-refractivity contribution in [3.8, 4) is 0 Å². The standard InChI is InChI=1S/C33H46N4O4.ClH/c1-32(2,3)35-30(39)27-20-34-15-16-36(27)21-25(38)18-24(17-22-11-7-6-8-12-22)31(40)37-29-26-14-10-9-13-23(26)19-28(29)41-33(37,4)5;/h6-14,24-25,27-29,34,38H,15-21H2,1-5H3,(H,35,39);1H/t24-,25+,27+,28-,29+;/m1./s1/i6D,7D,8D,11D,12D;. The summed E-state index contributed by atoms with van der Waals surface area (Å²) in [6.45, 7) is 11.1. The van der Waals surface area contributed by atoms with E-state index in [0.717, 1.165) is 11.1 Å². The molecule has 2 fully saturated rings. The maximum Gasteiger partial charge on any atom is 0.239 e. The van der Waals surface area contributed by atoms with Crippen molar-refractivity contribution in [1.82, 2.24) is 20.4 Å². The molecular weight excluding hydrogens is 552 g/mol. The summed E-state index contributed by atoms with van der Waals surface area (Å²) in [7, 11) is 0. The molecule has 1 aliphatic carbocycles. The third-order valence-corrected chi connectivity index (χ3v) is 8.19. The van der Waals surface area contributed by atoms with Crippen LogP contribution in [0.25, 0.3) is 0 Å². The number of piperazine rings is 1. The Labute approximate surface area is 263 Å². The molecule has 2 amide bonds. The smallest absolute Gasteiger partial charge is 0.239 e. The number of amides is 2. The van der Waals surface area contributed by atoms with Gasteiger partial charge in [-0.05, 0) is 64.2 Å². The highest BCUT2D eigenvalue weighted by Gasteiger charge is 2.54. The number of carbonyl (C=O) groups is 2. The number of hydrogen-bond donors (Lipinski definition) is 3. The van der Waals surface area contributed by atoms with Gasteiger partial charge in [0.2, 0.25) is 11.8 Å². The summed E-state index contributed by atoms with van der Waals surface area (Å²) in [5.74, 6) is -1.40. The molecule has 2 heterocycles. The van der Waals surface area contributed by atoms with E-state index >= 15 is 0 Å². The molecule has 0 radical (unpaired) electrons. The van der Waals surface area contributed by atoms with E-state index in [1.165, 1.54) is 0 Å². The molecule has 8 nitrogen and oxygen atoms in total. The molecule has 2 aliphatic heterocycles. The lowest BCUT2D eigenvalue weighted by Crippen LogP contribution is -2.61. The lowest BCUT2D eigenvalue weighted by molar-refractivity contribution is -0.153. The van der Waals surface area contributed by atoms with Gasteiger partial charge >= 0.3 is 0 Å². The summed E-state index contributed by atoms with van der Waals surface area (Å²) < 4.78 is 48.0. The Morgan fingerprint density at radius 3 is 2.64 bits per heavy atom. The van der Waals surface area contributed by atoms with Crippen molar-refractivity contribution < 1.29 is 26.3 Å². The van der Waals surface area contributed by atoms with Crippen LogP contribution in [0.3, 0.4) is 0 Å². The Morgan fingerprint density at radius 1 is 1.21 bits per heavy atom. The van der Waals surface area contributed by atoms with Crippen LogP contribution in [0.5, 0.6) is 0 Å². The minimum absolute atomic E-state index is 0. The molecule has 3 N–H and O–H groups in total. The van der Waals surface area contributed by atoms with E-state index in [-0.39, 0.29) is 73.4 Å². The van der Waals surface area contributed by atoms with Crippen LogP contribution in [0.15, 0.2) is 54.5 Å². The maximum absolute atomic E-state index is 14.7. The monoisotopic (exact) mass is 603 g/mol. The van der Waals surface area contributed by atoms with Gasteiger partial charge in [0, 0.05) is 44.1 Å². The van der Waals surface area contributed by atoms with E-state index < -0.39 is 47.5 Å². The van der Waals surface area contributed by atoms with Crippen LogP contribution in [0.4, 0.5) is 0 Å². The van der Waals surface area contributed by atoms with Crippen molar-refractivity contribution in [3.05, 3.63) is 71.2 Å². The SMILES string of the molecule is Cl.[2H]c1c([2H])c([2H])c(C[C@H](C[C@H](O)CN2CCNC[C@H]2C(=O)NC(C)(C)C)C(=O)N2[C@H]3c4ccccc4C[C@H]3OC2(C)C)c([2H])c1[2H]. The number of benzene rings is 2. The molecule has 0 unspecified atom stereocenters. The molecular formula is C33H47ClN4O4. The Kier molecular flexibility index (Phi) is 8.05. The number of hydrogen-bond acceptors (Lipinski definition) is 6. The first-order valence-electron chi connectivity index (χ1n) is 17.1. The average molecular weight is 604 g/mol. The van der Waals surface area contributed by atoms with E-state index in [4.69, 9.17) is 11.6 Å². The fourth-order valence-corrected chi connectivity index (χ4v) is 6.56. The fraction of sp³-hybridized carbons (Fsp3) is 0.576. The predicted molar refractivity (Wildman–Crippen MR) is 166 cm³/mol. The number of nitrogens with zero attached hydrogens (tertiary/aromatic N) is 2. The number of carbonyl (C=O) groups excluding carboxylic acids is 2. The van der Waals surface area contributed by atoms with Crippen molar-refractivity contribution in [3.63, 3.8) is 0 Å². The van der Waals surface area contributed by atoms with Gasteiger partial charge in [0.05, 0.1) is 25.1 Å². The number of aliphatic hydroxyl groups is 1. The Bertz CT molecular complexity index is 1480. The highest BCUT2D eigenvalue weighted by molar-refractivity contribution is 5.85. The summed E-state index contributed by atoms with van der Waals surface area (Å²) in [6, 6.07) is 4.90. The van der Waals surface area contributed by atoms with Crippen LogP contribution in [0, 0.1) is 5.92 Å².